The van der Waals surface area contributed by atoms with Gasteiger partial charge >= 0.3 is 0 Å². The van der Waals surface area contributed by atoms with Crippen molar-refractivity contribution in [2.45, 2.75) is 20.3 Å². The van der Waals surface area contributed by atoms with Crippen molar-refractivity contribution in [2.75, 3.05) is 18.5 Å². The van der Waals surface area contributed by atoms with Crippen molar-refractivity contribution < 1.29 is 14.4 Å². The quantitative estimate of drug-likeness (QED) is 0.606. The summed E-state index contributed by atoms with van der Waals surface area (Å²) in [5, 5.41) is 22.6. The Balaban J connectivity index is 2.82. The molecule has 0 saturated heterocycles. The first-order chi connectivity index (χ1) is 8.35. The minimum absolute atomic E-state index is 0.0557. The Kier molecular flexibility index (Phi) is 4.61. The summed E-state index contributed by atoms with van der Waals surface area (Å²) in [5.41, 5.74) is -0.195. The number of nitrogens with zero attached hydrogens (tertiary/aromatic N) is 1. The first kappa shape index (κ1) is 14.4. The van der Waals surface area contributed by atoms with Crippen LogP contribution < -0.4 is 5.32 Å². The lowest BCUT2D eigenvalue weighted by molar-refractivity contribution is -0.384. The average Bonchev–Trinajstić information content (AvgIpc) is 2.27. The molecule has 0 unspecified atom stereocenters. The molecule has 0 aliphatic heterocycles. The molecule has 100 valence electrons. The van der Waals surface area contributed by atoms with Gasteiger partial charge in [0.2, 0.25) is 0 Å². The van der Waals surface area contributed by atoms with Crippen LogP contribution in [-0.2, 0) is 0 Å². The van der Waals surface area contributed by atoms with E-state index in [-0.39, 0.29) is 23.4 Å². The Hall–Kier alpha value is -1.69. The van der Waals surface area contributed by atoms with Crippen LogP contribution in [0.25, 0.3) is 0 Å². The van der Waals surface area contributed by atoms with Gasteiger partial charge in [0.15, 0.2) is 0 Å². The van der Waals surface area contributed by atoms with Gasteiger partial charge in [0, 0.05) is 13.2 Å². The average molecular weight is 256 g/mol. The lowest BCUT2D eigenvalue weighted by Crippen LogP contribution is -2.24. The van der Waals surface area contributed by atoms with E-state index in [2.05, 4.69) is 5.32 Å². The molecule has 2 N–H and O–H groups in total. The van der Waals surface area contributed by atoms with Crippen molar-refractivity contribution in [3.05, 3.63) is 34.1 Å². The minimum atomic E-state index is -0.637. The fourth-order valence-electron chi connectivity index (χ4n) is 1.53. The summed E-state index contributed by atoms with van der Waals surface area (Å²) in [6, 6.07) is 3.41. The summed E-state index contributed by atoms with van der Waals surface area (Å²) < 4.78 is 12.9. The van der Waals surface area contributed by atoms with E-state index in [9.17, 15) is 14.5 Å². The van der Waals surface area contributed by atoms with E-state index in [1.165, 1.54) is 12.1 Å². The molecule has 0 aliphatic rings. The van der Waals surface area contributed by atoms with E-state index in [4.69, 9.17) is 5.11 Å². The van der Waals surface area contributed by atoms with Gasteiger partial charge in [-0.25, -0.2) is 4.39 Å². The predicted molar refractivity (Wildman–Crippen MR) is 67.0 cm³/mol. The molecule has 0 radical (unpaired) electrons. The van der Waals surface area contributed by atoms with Crippen LogP contribution in [0.4, 0.5) is 15.8 Å². The molecular formula is C12H17FN2O3. The predicted octanol–water partition coefficient (Wildman–Crippen LogP) is 2.55. The Labute approximate surface area is 105 Å². The summed E-state index contributed by atoms with van der Waals surface area (Å²) in [5.74, 6) is -0.637. The van der Waals surface area contributed by atoms with Crippen molar-refractivity contribution in [3.63, 3.8) is 0 Å². The minimum Gasteiger partial charge on any atom is -0.396 e. The number of hydrogen-bond acceptors (Lipinski definition) is 4. The number of nitro benzene ring substituents is 1. The van der Waals surface area contributed by atoms with Gasteiger partial charge in [-0.3, -0.25) is 10.1 Å². The Morgan fingerprint density at radius 1 is 1.50 bits per heavy atom. The molecule has 1 aromatic carbocycles. The second kappa shape index (κ2) is 5.77. The van der Waals surface area contributed by atoms with Gasteiger partial charge in [-0.1, -0.05) is 13.8 Å². The highest BCUT2D eigenvalue weighted by Crippen LogP contribution is 2.27. The summed E-state index contributed by atoms with van der Waals surface area (Å²) >= 11 is 0. The van der Waals surface area contributed by atoms with Crippen molar-refractivity contribution in [3.8, 4) is 0 Å². The topological polar surface area (TPSA) is 75.4 Å². The van der Waals surface area contributed by atoms with E-state index >= 15 is 0 Å². The fourth-order valence-corrected chi connectivity index (χ4v) is 1.53. The molecule has 0 aromatic heterocycles. The van der Waals surface area contributed by atoms with Gasteiger partial charge < -0.3 is 10.4 Å². The molecule has 0 bridgehead atoms. The highest BCUT2D eigenvalue weighted by Gasteiger charge is 2.20. The summed E-state index contributed by atoms with van der Waals surface area (Å²) in [4.78, 5) is 10.2. The number of halogens is 1. The first-order valence-corrected chi connectivity index (χ1v) is 5.64. The third-order valence-electron chi connectivity index (χ3n) is 2.70. The number of aliphatic hydroxyl groups excluding tert-OH is 1. The molecule has 6 heteroatoms. The lowest BCUT2D eigenvalue weighted by atomic mass is 9.89. The van der Waals surface area contributed by atoms with Crippen LogP contribution in [0.1, 0.15) is 20.3 Å². The maximum absolute atomic E-state index is 12.9. The number of benzene rings is 1. The van der Waals surface area contributed by atoms with Gasteiger partial charge in [0.05, 0.1) is 11.0 Å². The Morgan fingerprint density at radius 2 is 2.17 bits per heavy atom. The van der Waals surface area contributed by atoms with Gasteiger partial charge in [-0.05, 0) is 24.0 Å². The standard InChI is InChI=1S/C12H17FN2O3/c1-12(2,5-6-16)8-14-10-4-3-9(13)7-11(10)15(17)18/h3-4,7,14,16H,5-6,8H2,1-2H3. The number of rotatable bonds is 6. The zero-order valence-corrected chi connectivity index (χ0v) is 10.4. The molecule has 0 heterocycles. The van der Waals surface area contributed by atoms with Crippen LogP contribution in [0.3, 0.4) is 0 Å². The van der Waals surface area contributed by atoms with E-state index in [1.807, 2.05) is 13.8 Å². The highest BCUT2D eigenvalue weighted by atomic mass is 19.1. The molecule has 1 rings (SSSR count). The monoisotopic (exact) mass is 256 g/mol. The molecule has 18 heavy (non-hydrogen) atoms. The Morgan fingerprint density at radius 3 is 2.72 bits per heavy atom. The lowest BCUT2D eigenvalue weighted by Gasteiger charge is -2.24. The highest BCUT2D eigenvalue weighted by molar-refractivity contribution is 5.61. The third-order valence-corrected chi connectivity index (χ3v) is 2.70. The largest absolute Gasteiger partial charge is 0.396 e. The molecule has 1 aromatic rings. The molecule has 0 amide bonds. The second-order valence-electron chi connectivity index (χ2n) is 4.91. The second-order valence-corrected chi connectivity index (χ2v) is 4.91. The van der Waals surface area contributed by atoms with E-state index < -0.39 is 10.7 Å². The molecule has 5 nitrogen and oxygen atoms in total. The number of hydrogen-bond donors (Lipinski definition) is 2. The maximum atomic E-state index is 12.9. The van der Waals surface area contributed by atoms with Crippen molar-refractivity contribution in [1.82, 2.24) is 0 Å². The van der Waals surface area contributed by atoms with Crippen molar-refractivity contribution in [1.29, 1.82) is 0 Å². The van der Waals surface area contributed by atoms with Crippen molar-refractivity contribution >= 4 is 11.4 Å². The zero-order chi connectivity index (χ0) is 13.8. The smallest absolute Gasteiger partial charge is 0.295 e. The fraction of sp³-hybridized carbons (Fsp3) is 0.500. The van der Waals surface area contributed by atoms with Gasteiger partial charge in [-0.15, -0.1) is 0 Å². The first-order valence-electron chi connectivity index (χ1n) is 5.64. The van der Waals surface area contributed by atoms with E-state index in [0.717, 1.165) is 6.07 Å². The van der Waals surface area contributed by atoms with Gasteiger partial charge in [0.25, 0.3) is 5.69 Å². The van der Waals surface area contributed by atoms with Gasteiger partial charge in [0.1, 0.15) is 11.5 Å². The van der Waals surface area contributed by atoms with E-state index in [0.29, 0.717) is 13.0 Å². The van der Waals surface area contributed by atoms with Crippen LogP contribution in [0.2, 0.25) is 0 Å². The summed E-state index contributed by atoms with van der Waals surface area (Å²) in [6.07, 6.45) is 0.578. The number of anilines is 1. The SMILES string of the molecule is CC(C)(CCO)CNc1ccc(F)cc1[N+](=O)[O-]. The maximum Gasteiger partial charge on any atom is 0.295 e. The Bertz CT molecular complexity index is 435. The molecular weight excluding hydrogens is 239 g/mol. The van der Waals surface area contributed by atoms with Crippen LogP contribution in [-0.4, -0.2) is 23.2 Å². The molecule has 0 spiro atoms. The van der Waals surface area contributed by atoms with Crippen LogP contribution in [0.15, 0.2) is 18.2 Å². The molecule has 0 atom stereocenters. The van der Waals surface area contributed by atoms with Crippen LogP contribution in [0.5, 0.6) is 0 Å². The number of aliphatic hydroxyl groups is 1. The third kappa shape index (κ3) is 3.96. The van der Waals surface area contributed by atoms with Crippen LogP contribution >= 0.6 is 0 Å². The van der Waals surface area contributed by atoms with Gasteiger partial charge in [-0.2, -0.15) is 0 Å². The summed E-state index contributed by atoms with van der Waals surface area (Å²) in [6.45, 7) is 4.39. The normalized spacial score (nSPS) is 11.3. The molecule has 0 saturated carbocycles. The van der Waals surface area contributed by atoms with E-state index in [1.54, 1.807) is 0 Å². The number of nitro groups is 1. The van der Waals surface area contributed by atoms with Crippen LogP contribution in [0, 0.1) is 21.3 Å². The summed E-state index contributed by atoms with van der Waals surface area (Å²) in [7, 11) is 0. The molecule has 0 fully saturated rings. The zero-order valence-electron chi connectivity index (χ0n) is 10.4. The molecule has 0 aliphatic carbocycles. The van der Waals surface area contributed by atoms with Crippen molar-refractivity contribution in [2.24, 2.45) is 5.41 Å². The number of nitrogens with one attached hydrogen (secondary N) is 1.